The molecular weight excluding hydrogens is 526 g/mol. The highest BCUT2D eigenvalue weighted by molar-refractivity contribution is 6.02. The fraction of sp³-hybridized carbons (Fsp3) is 0.667. The Morgan fingerprint density at radius 3 is 1.54 bits per heavy atom. The zero-order chi connectivity index (χ0) is 30.3. The lowest BCUT2D eigenvalue weighted by molar-refractivity contribution is -0.215. The molecule has 1 saturated heterocycles. The first kappa shape index (κ1) is 33.0. The molecule has 1 aliphatic rings. The topological polar surface area (TPSA) is 195 Å². The number of hydroxylamine groups is 2. The Hall–Kier alpha value is -4.04. The van der Waals surface area contributed by atoms with Crippen molar-refractivity contribution >= 4 is 47.6 Å². The van der Waals surface area contributed by atoms with Crippen molar-refractivity contribution in [1.29, 1.82) is 0 Å². The number of ether oxygens (including phenoxy) is 5. The average Bonchev–Trinajstić information content (AvgIpc) is 3.04. The Balaban J connectivity index is 3.33. The van der Waals surface area contributed by atoms with Crippen molar-refractivity contribution in [1.82, 2.24) is 5.06 Å². The van der Waals surface area contributed by atoms with Crippen molar-refractivity contribution in [3.63, 3.8) is 0 Å². The second-order valence-electron chi connectivity index (χ2n) is 10.3. The number of amides is 2. The predicted octanol–water partition coefficient (Wildman–Crippen LogP) is 0.442. The Labute approximate surface area is 224 Å². The maximum Gasteiger partial charge on any atom is 0.377 e. The van der Waals surface area contributed by atoms with E-state index in [2.05, 4.69) is 0 Å². The summed E-state index contributed by atoms with van der Waals surface area (Å²) in [7, 11) is 0. The SMILES string of the molecule is CC(=O)O[C@@H](C(=O)O[C@H](CC(=O)OC(C)(C)C)C(=O)OC(C)(C)C)[C@@H](OC(C)=O)C(=O)ON1C(=O)CCC1=O. The van der Waals surface area contributed by atoms with Crippen molar-refractivity contribution in [3.05, 3.63) is 0 Å². The molecule has 1 rings (SSSR count). The summed E-state index contributed by atoms with van der Waals surface area (Å²) in [4.78, 5) is 103. The van der Waals surface area contributed by atoms with Gasteiger partial charge in [-0.05, 0) is 41.5 Å². The number of carbonyl (C=O) groups is 8. The molecule has 39 heavy (non-hydrogen) atoms. The van der Waals surface area contributed by atoms with E-state index in [1.165, 1.54) is 20.8 Å². The number of imide groups is 1. The van der Waals surface area contributed by atoms with E-state index in [0.29, 0.717) is 0 Å². The molecule has 0 unspecified atom stereocenters. The van der Waals surface area contributed by atoms with Crippen LogP contribution < -0.4 is 0 Å². The highest BCUT2D eigenvalue weighted by Crippen LogP contribution is 2.20. The van der Waals surface area contributed by atoms with Crippen molar-refractivity contribution in [2.45, 2.75) is 104 Å². The molecule has 15 nitrogen and oxygen atoms in total. The first-order valence-corrected chi connectivity index (χ1v) is 11.8. The van der Waals surface area contributed by atoms with Gasteiger partial charge in [0.05, 0.1) is 6.42 Å². The van der Waals surface area contributed by atoms with Crippen molar-refractivity contribution in [2.24, 2.45) is 0 Å². The van der Waals surface area contributed by atoms with E-state index in [9.17, 15) is 38.4 Å². The number of carbonyl (C=O) groups excluding carboxylic acids is 8. The van der Waals surface area contributed by atoms with Crippen LogP contribution in [0.1, 0.15) is 74.7 Å². The quantitative estimate of drug-likeness (QED) is 0.203. The average molecular weight is 560 g/mol. The van der Waals surface area contributed by atoms with Gasteiger partial charge in [-0.15, -0.1) is 5.06 Å². The van der Waals surface area contributed by atoms with Crippen LogP contribution in [0.3, 0.4) is 0 Å². The van der Waals surface area contributed by atoms with Crippen LogP contribution in [0.25, 0.3) is 0 Å². The van der Waals surface area contributed by atoms with Gasteiger partial charge in [-0.1, -0.05) is 0 Å². The van der Waals surface area contributed by atoms with E-state index in [-0.39, 0.29) is 17.9 Å². The van der Waals surface area contributed by atoms with E-state index >= 15 is 0 Å². The molecule has 0 aromatic rings. The van der Waals surface area contributed by atoms with Gasteiger partial charge in [0.15, 0.2) is 0 Å². The van der Waals surface area contributed by atoms with Crippen LogP contribution in [0.15, 0.2) is 0 Å². The molecule has 1 fully saturated rings. The van der Waals surface area contributed by atoms with Crippen LogP contribution in [-0.4, -0.2) is 82.2 Å². The molecule has 0 aromatic carbocycles. The smallest absolute Gasteiger partial charge is 0.377 e. The summed E-state index contributed by atoms with van der Waals surface area (Å²) in [6.07, 6.45) is -8.05. The van der Waals surface area contributed by atoms with Gasteiger partial charge in [0, 0.05) is 26.7 Å². The van der Waals surface area contributed by atoms with Gasteiger partial charge in [0.2, 0.25) is 18.3 Å². The molecule has 0 spiro atoms. The third-order valence-electron chi connectivity index (χ3n) is 4.21. The summed E-state index contributed by atoms with van der Waals surface area (Å²) in [6, 6.07) is 0. The van der Waals surface area contributed by atoms with Crippen molar-refractivity contribution in [2.75, 3.05) is 0 Å². The molecule has 218 valence electrons. The van der Waals surface area contributed by atoms with Crippen molar-refractivity contribution in [3.8, 4) is 0 Å². The molecule has 1 aliphatic heterocycles. The molecule has 0 radical (unpaired) electrons. The summed E-state index contributed by atoms with van der Waals surface area (Å²) < 4.78 is 25.1. The lowest BCUT2D eigenvalue weighted by Crippen LogP contribution is -2.50. The number of hydrogen-bond donors (Lipinski definition) is 0. The van der Waals surface area contributed by atoms with E-state index in [1.807, 2.05) is 0 Å². The zero-order valence-electron chi connectivity index (χ0n) is 23.0. The van der Waals surface area contributed by atoms with E-state index in [0.717, 1.165) is 13.8 Å². The van der Waals surface area contributed by atoms with Crippen LogP contribution in [0.4, 0.5) is 0 Å². The molecule has 2 amide bonds. The van der Waals surface area contributed by atoms with Crippen molar-refractivity contribution < 1.29 is 66.9 Å². The molecule has 0 N–H and O–H groups in total. The summed E-state index contributed by atoms with van der Waals surface area (Å²) in [6.45, 7) is 10.9. The molecular formula is C24H33NO14. The number of nitrogens with zero attached hydrogens (tertiary/aromatic N) is 1. The van der Waals surface area contributed by atoms with Crippen LogP contribution in [0.5, 0.6) is 0 Å². The predicted molar refractivity (Wildman–Crippen MR) is 124 cm³/mol. The fourth-order valence-corrected chi connectivity index (χ4v) is 2.91. The standard InChI is InChI=1S/C24H33NO14/c1-12(26)34-18(19(35-13(2)27)22(33)39-25-15(28)9-10-16(25)29)21(32)36-14(20(31)38-24(6,7)8)11-17(30)37-23(3,4)5/h14,18-19H,9-11H2,1-8H3/t14-,18-,19-/m1/s1. The molecule has 3 atom stereocenters. The van der Waals surface area contributed by atoms with E-state index in [4.69, 9.17) is 28.5 Å². The highest BCUT2D eigenvalue weighted by atomic mass is 16.7. The first-order chi connectivity index (χ1) is 17.7. The first-order valence-electron chi connectivity index (χ1n) is 11.8. The van der Waals surface area contributed by atoms with E-state index < -0.39 is 83.6 Å². The molecule has 0 saturated carbocycles. The Morgan fingerprint density at radius 1 is 0.692 bits per heavy atom. The van der Waals surface area contributed by atoms with Crippen LogP contribution in [0, 0.1) is 0 Å². The summed E-state index contributed by atoms with van der Waals surface area (Å²) in [5.41, 5.74) is -2.04. The normalized spacial score (nSPS) is 15.9. The lowest BCUT2D eigenvalue weighted by atomic mass is 10.1. The minimum absolute atomic E-state index is 0.112. The van der Waals surface area contributed by atoms with Gasteiger partial charge in [0.1, 0.15) is 11.2 Å². The Kier molecular flexibility index (Phi) is 11.1. The van der Waals surface area contributed by atoms with Gasteiger partial charge in [-0.25, -0.2) is 14.4 Å². The summed E-state index contributed by atoms with van der Waals surface area (Å²) >= 11 is 0. The minimum Gasteiger partial charge on any atom is -0.460 e. The van der Waals surface area contributed by atoms with Gasteiger partial charge < -0.3 is 28.5 Å². The molecule has 0 aliphatic carbocycles. The van der Waals surface area contributed by atoms with Crippen LogP contribution in [-0.2, 0) is 66.9 Å². The molecule has 0 bridgehead atoms. The maximum absolute atomic E-state index is 13.1. The van der Waals surface area contributed by atoms with Crippen LogP contribution in [0.2, 0.25) is 0 Å². The van der Waals surface area contributed by atoms with Gasteiger partial charge in [-0.3, -0.25) is 24.0 Å². The third-order valence-corrected chi connectivity index (χ3v) is 4.21. The maximum atomic E-state index is 13.1. The Bertz CT molecular complexity index is 1000. The third kappa shape index (κ3) is 11.5. The highest BCUT2D eigenvalue weighted by Gasteiger charge is 2.46. The second kappa shape index (κ2) is 13.2. The largest absolute Gasteiger partial charge is 0.460 e. The zero-order valence-corrected chi connectivity index (χ0v) is 23.0. The molecule has 1 heterocycles. The lowest BCUT2D eigenvalue weighted by Gasteiger charge is -2.28. The fourth-order valence-electron chi connectivity index (χ4n) is 2.91. The number of esters is 5. The Morgan fingerprint density at radius 2 is 1.13 bits per heavy atom. The molecule has 0 aromatic heterocycles. The van der Waals surface area contributed by atoms with E-state index in [1.54, 1.807) is 20.8 Å². The monoisotopic (exact) mass is 559 g/mol. The number of rotatable bonds is 10. The second-order valence-corrected chi connectivity index (χ2v) is 10.3. The number of hydrogen-bond acceptors (Lipinski definition) is 14. The van der Waals surface area contributed by atoms with Gasteiger partial charge >= 0.3 is 35.8 Å². The van der Waals surface area contributed by atoms with Gasteiger partial charge in [0.25, 0.3) is 11.8 Å². The molecule has 15 heteroatoms. The minimum atomic E-state index is -2.38. The van der Waals surface area contributed by atoms with Crippen LogP contribution >= 0.6 is 0 Å². The summed E-state index contributed by atoms with van der Waals surface area (Å²) in [5, 5.41) is 0.112. The summed E-state index contributed by atoms with van der Waals surface area (Å²) in [5.74, 6) is -9.48. The van der Waals surface area contributed by atoms with Gasteiger partial charge in [-0.2, -0.15) is 0 Å².